The Kier molecular flexibility index (Phi) is 6.97. The standard InChI is InChI=1S/C23H24Br2N2O7/c1-10(2)6-15(23(31)34-9-16(28)11-4-3-5-12(7-11)27(32)33)26-21(29)17-13-8-14(18(17)22(26)30)20(25)19(13)24/h3-5,7,10,13-15,17-20H,6,8-9H2,1-2H3/t13-,14-,15-,17-,18-,19+,20+/m1/s1. The van der Waals surface area contributed by atoms with E-state index >= 15 is 0 Å². The number of nitro benzene ring substituents is 1. The minimum absolute atomic E-state index is 0.0179. The van der Waals surface area contributed by atoms with Crippen LogP contribution in [0.4, 0.5) is 5.69 Å². The molecule has 1 aromatic carbocycles. The predicted molar refractivity (Wildman–Crippen MR) is 127 cm³/mol. The van der Waals surface area contributed by atoms with Crippen LogP contribution >= 0.6 is 31.9 Å². The zero-order valence-electron chi connectivity index (χ0n) is 18.6. The zero-order chi connectivity index (χ0) is 24.9. The Hall–Kier alpha value is -2.14. The normalized spacial score (nSPS) is 30.6. The van der Waals surface area contributed by atoms with Gasteiger partial charge in [-0.15, -0.1) is 0 Å². The number of halogens is 2. The SMILES string of the molecule is CC(C)C[C@H](C(=O)OCC(=O)c1cccc([N+](=O)[O-])c1)N1C(=O)[C@@H]2[C@H]3C[C@@H]([C@H](Br)[C@H]3Br)[C@H]2C1=O. The van der Waals surface area contributed by atoms with E-state index in [1.807, 2.05) is 13.8 Å². The summed E-state index contributed by atoms with van der Waals surface area (Å²) in [5, 5.41) is 10.9. The number of carbonyl (C=O) groups is 4. The first-order chi connectivity index (χ1) is 16.0. The van der Waals surface area contributed by atoms with Gasteiger partial charge in [-0.3, -0.25) is 29.4 Å². The predicted octanol–water partition coefficient (Wildman–Crippen LogP) is 3.51. The number of alkyl halides is 2. The van der Waals surface area contributed by atoms with E-state index < -0.39 is 41.2 Å². The summed E-state index contributed by atoms with van der Waals surface area (Å²) in [6.07, 6.45) is 0.995. The number of nitrogens with zero attached hydrogens (tertiary/aromatic N) is 2. The zero-order valence-corrected chi connectivity index (χ0v) is 21.7. The van der Waals surface area contributed by atoms with Crippen molar-refractivity contribution in [2.45, 2.75) is 42.4 Å². The second kappa shape index (κ2) is 9.49. The number of nitro groups is 1. The number of ketones is 1. The smallest absolute Gasteiger partial charge is 0.329 e. The summed E-state index contributed by atoms with van der Waals surface area (Å²) in [7, 11) is 0. The highest BCUT2D eigenvalue weighted by Crippen LogP contribution is 2.60. The van der Waals surface area contributed by atoms with Crippen molar-refractivity contribution in [2.75, 3.05) is 6.61 Å². The fourth-order valence-corrected chi connectivity index (χ4v) is 7.42. The van der Waals surface area contributed by atoms with Crippen molar-refractivity contribution in [3.63, 3.8) is 0 Å². The maximum atomic E-state index is 13.4. The number of fused-ring (bicyclic) bond motifs is 5. The van der Waals surface area contributed by atoms with Crippen LogP contribution < -0.4 is 0 Å². The molecule has 1 aromatic rings. The molecule has 7 atom stereocenters. The number of hydrogen-bond acceptors (Lipinski definition) is 7. The number of benzene rings is 1. The third-order valence-corrected chi connectivity index (χ3v) is 10.2. The molecule has 182 valence electrons. The number of esters is 1. The molecule has 34 heavy (non-hydrogen) atoms. The summed E-state index contributed by atoms with van der Waals surface area (Å²) >= 11 is 7.30. The van der Waals surface area contributed by atoms with E-state index in [1.165, 1.54) is 18.2 Å². The lowest BCUT2D eigenvalue weighted by Crippen LogP contribution is -2.48. The third-order valence-electron chi connectivity index (χ3n) is 7.02. The van der Waals surface area contributed by atoms with Gasteiger partial charge >= 0.3 is 5.97 Å². The van der Waals surface area contributed by atoms with E-state index in [1.54, 1.807) is 0 Å². The minimum Gasteiger partial charge on any atom is -0.456 e. The number of likely N-dealkylation sites (tertiary alicyclic amines) is 1. The molecule has 1 heterocycles. The monoisotopic (exact) mass is 598 g/mol. The molecule has 2 bridgehead atoms. The highest BCUT2D eigenvalue weighted by atomic mass is 79.9. The molecule has 4 rings (SSSR count). The molecule has 0 spiro atoms. The number of Topliss-reactive ketones (excluding diaryl/α,β-unsaturated/α-hetero) is 1. The van der Waals surface area contributed by atoms with Crippen molar-refractivity contribution >= 4 is 61.1 Å². The minimum atomic E-state index is -1.12. The molecule has 1 aliphatic heterocycles. The summed E-state index contributed by atoms with van der Waals surface area (Å²) < 4.78 is 5.24. The van der Waals surface area contributed by atoms with Crippen LogP contribution in [0.15, 0.2) is 24.3 Å². The lowest BCUT2D eigenvalue weighted by atomic mass is 9.81. The highest BCUT2D eigenvalue weighted by molar-refractivity contribution is 9.12. The number of carbonyl (C=O) groups excluding carboxylic acids is 4. The number of non-ortho nitro benzene ring substituents is 1. The number of rotatable bonds is 8. The highest BCUT2D eigenvalue weighted by Gasteiger charge is 2.67. The van der Waals surface area contributed by atoms with Gasteiger partial charge in [-0.05, 0) is 30.6 Å². The van der Waals surface area contributed by atoms with Crippen LogP contribution in [0, 0.1) is 39.7 Å². The van der Waals surface area contributed by atoms with Crippen molar-refractivity contribution in [3.05, 3.63) is 39.9 Å². The molecule has 1 saturated heterocycles. The Labute approximate surface area is 213 Å². The first-order valence-corrected chi connectivity index (χ1v) is 12.9. The van der Waals surface area contributed by atoms with Gasteiger partial charge in [0, 0.05) is 27.4 Å². The van der Waals surface area contributed by atoms with E-state index in [9.17, 15) is 29.3 Å². The lowest BCUT2D eigenvalue weighted by molar-refractivity contribution is -0.384. The number of hydrogen-bond donors (Lipinski definition) is 0. The van der Waals surface area contributed by atoms with Crippen LogP contribution in [-0.4, -0.2) is 55.7 Å². The quantitative estimate of drug-likeness (QED) is 0.112. The molecular weight excluding hydrogens is 576 g/mol. The Morgan fingerprint density at radius 2 is 1.74 bits per heavy atom. The van der Waals surface area contributed by atoms with Crippen molar-refractivity contribution in [1.82, 2.24) is 4.90 Å². The second-order valence-electron chi connectivity index (χ2n) is 9.53. The maximum absolute atomic E-state index is 13.4. The van der Waals surface area contributed by atoms with Gasteiger partial charge in [-0.2, -0.15) is 0 Å². The van der Waals surface area contributed by atoms with Crippen LogP contribution in [0.5, 0.6) is 0 Å². The molecule has 11 heteroatoms. The van der Waals surface area contributed by atoms with Crippen molar-refractivity contribution < 1.29 is 28.8 Å². The molecule has 3 aliphatic rings. The summed E-state index contributed by atoms with van der Waals surface area (Å²) in [6.45, 7) is 3.09. The average molecular weight is 600 g/mol. The van der Waals surface area contributed by atoms with Gasteiger partial charge in [0.15, 0.2) is 6.61 Å². The van der Waals surface area contributed by atoms with E-state index in [2.05, 4.69) is 31.9 Å². The number of imide groups is 1. The van der Waals surface area contributed by atoms with Crippen LogP contribution in [0.2, 0.25) is 0 Å². The molecule has 0 N–H and O–H groups in total. The second-order valence-corrected chi connectivity index (χ2v) is 11.6. The summed E-state index contributed by atoms with van der Waals surface area (Å²) in [4.78, 5) is 63.8. The number of ether oxygens (including phenoxy) is 1. The molecule has 0 aromatic heterocycles. The van der Waals surface area contributed by atoms with E-state index in [4.69, 9.17) is 4.74 Å². The van der Waals surface area contributed by atoms with Crippen molar-refractivity contribution in [2.24, 2.45) is 29.6 Å². The van der Waals surface area contributed by atoms with Crippen LogP contribution in [0.25, 0.3) is 0 Å². The van der Waals surface area contributed by atoms with E-state index in [0.717, 1.165) is 17.4 Å². The Morgan fingerprint density at radius 3 is 2.26 bits per heavy atom. The van der Waals surface area contributed by atoms with Gasteiger partial charge in [0.25, 0.3) is 5.69 Å². The summed E-state index contributed by atoms with van der Waals surface area (Å²) in [5.74, 6) is -3.02. The van der Waals surface area contributed by atoms with Crippen molar-refractivity contribution in [1.29, 1.82) is 0 Å². The van der Waals surface area contributed by atoms with Crippen molar-refractivity contribution in [3.8, 4) is 0 Å². The molecule has 3 fully saturated rings. The first-order valence-electron chi connectivity index (χ1n) is 11.1. The molecule has 0 radical (unpaired) electrons. The summed E-state index contributed by atoms with van der Waals surface area (Å²) in [5.41, 5.74) is -0.215. The third kappa shape index (κ3) is 4.21. The summed E-state index contributed by atoms with van der Waals surface area (Å²) in [6, 6.07) is 4.01. The Morgan fingerprint density at radius 1 is 1.15 bits per heavy atom. The average Bonchev–Trinajstić information content (AvgIpc) is 3.40. The van der Waals surface area contributed by atoms with Crippen LogP contribution in [0.3, 0.4) is 0 Å². The van der Waals surface area contributed by atoms with Gasteiger partial charge in [0.2, 0.25) is 17.6 Å². The van der Waals surface area contributed by atoms with Gasteiger partial charge in [0.1, 0.15) is 6.04 Å². The molecular formula is C23H24Br2N2O7. The van der Waals surface area contributed by atoms with Crippen LogP contribution in [0.1, 0.15) is 37.0 Å². The van der Waals surface area contributed by atoms with Gasteiger partial charge in [0.05, 0.1) is 16.8 Å². The van der Waals surface area contributed by atoms with E-state index in [0.29, 0.717) is 0 Å². The molecule has 2 saturated carbocycles. The van der Waals surface area contributed by atoms with Crippen LogP contribution in [-0.2, 0) is 19.1 Å². The fourth-order valence-electron chi connectivity index (χ4n) is 5.54. The maximum Gasteiger partial charge on any atom is 0.329 e. The van der Waals surface area contributed by atoms with Gasteiger partial charge in [-0.25, -0.2) is 4.79 Å². The van der Waals surface area contributed by atoms with Gasteiger partial charge < -0.3 is 4.74 Å². The fraction of sp³-hybridized carbons (Fsp3) is 0.565. The lowest BCUT2D eigenvalue weighted by Gasteiger charge is -2.28. The topological polar surface area (TPSA) is 124 Å². The number of amides is 2. The largest absolute Gasteiger partial charge is 0.456 e. The Balaban J connectivity index is 1.50. The molecule has 9 nitrogen and oxygen atoms in total. The Bertz CT molecular complexity index is 1030. The molecule has 2 aliphatic carbocycles. The van der Waals surface area contributed by atoms with Gasteiger partial charge in [-0.1, -0.05) is 57.8 Å². The van der Waals surface area contributed by atoms with E-state index in [-0.39, 0.29) is 56.9 Å². The molecule has 2 amide bonds. The molecule has 0 unspecified atom stereocenters. The first kappa shape index (κ1) is 25.0.